The molecule has 0 aliphatic rings. The normalized spacial score (nSPS) is 10.3. The zero-order valence-corrected chi connectivity index (χ0v) is 20.0. The molecule has 0 spiro atoms. The van der Waals surface area contributed by atoms with Crippen LogP contribution in [-0.4, -0.2) is 31.6 Å². The molecule has 172 valence electrons. The van der Waals surface area contributed by atoms with Crippen molar-refractivity contribution in [3.05, 3.63) is 76.8 Å². The van der Waals surface area contributed by atoms with E-state index >= 15 is 0 Å². The molecular weight excluding hydrogens is 488 g/mol. The second-order valence-electron chi connectivity index (χ2n) is 6.82. The van der Waals surface area contributed by atoms with Crippen molar-refractivity contribution in [2.75, 3.05) is 30.5 Å². The molecule has 0 aromatic heterocycles. The molecule has 33 heavy (non-hydrogen) atoms. The van der Waals surface area contributed by atoms with Crippen LogP contribution in [0.1, 0.15) is 24.2 Å². The largest absolute Gasteiger partial charge is 0.492 e. The number of anilines is 2. The summed E-state index contributed by atoms with van der Waals surface area (Å²) in [4.78, 5) is 25.2. The van der Waals surface area contributed by atoms with Gasteiger partial charge in [-0.25, -0.2) is 0 Å². The lowest BCUT2D eigenvalue weighted by Gasteiger charge is -2.18. The molecule has 0 aliphatic carbocycles. The Bertz CT molecular complexity index is 1090. The standard InChI is InChI=1S/C25H25BrN2O5/c1-3-31-22-15-21(28-25(30)17-8-6-5-7-9-17)23(32-4-2)14-20(22)27-24(29)16-33-19-12-10-18(26)11-13-19/h5-15H,3-4,16H2,1-2H3,(H,27,29)(H,28,30). The number of hydrogen-bond donors (Lipinski definition) is 2. The highest BCUT2D eigenvalue weighted by Crippen LogP contribution is 2.37. The molecule has 0 heterocycles. The molecule has 0 atom stereocenters. The van der Waals surface area contributed by atoms with Crippen LogP contribution in [0.4, 0.5) is 11.4 Å². The van der Waals surface area contributed by atoms with Gasteiger partial charge in [-0.3, -0.25) is 9.59 Å². The van der Waals surface area contributed by atoms with Crippen LogP contribution in [0.15, 0.2) is 71.2 Å². The van der Waals surface area contributed by atoms with Crippen LogP contribution in [-0.2, 0) is 4.79 Å². The van der Waals surface area contributed by atoms with E-state index in [9.17, 15) is 9.59 Å². The molecule has 0 saturated heterocycles. The molecule has 0 unspecified atom stereocenters. The van der Waals surface area contributed by atoms with Gasteiger partial charge in [-0.2, -0.15) is 0 Å². The van der Waals surface area contributed by atoms with Crippen molar-refractivity contribution in [3.8, 4) is 17.2 Å². The number of ether oxygens (including phenoxy) is 3. The van der Waals surface area contributed by atoms with Gasteiger partial charge in [-0.05, 0) is 50.2 Å². The van der Waals surface area contributed by atoms with Crippen molar-refractivity contribution >= 4 is 39.1 Å². The molecule has 2 N–H and O–H groups in total. The predicted molar refractivity (Wildman–Crippen MR) is 131 cm³/mol. The zero-order valence-electron chi connectivity index (χ0n) is 18.4. The van der Waals surface area contributed by atoms with E-state index in [1.54, 1.807) is 48.5 Å². The molecule has 0 saturated carbocycles. The average Bonchev–Trinajstić information content (AvgIpc) is 2.82. The fourth-order valence-electron chi connectivity index (χ4n) is 2.96. The van der Waals surface area contributed by atoms with Gasteiger partial charge in [0.1, 0.15) is 17.2 Å². The predicted octanol–water partition coefficient (Wildman–Crippen LogP) is 5.52. The molecule has 7 nitrogen and oxygen atoms in total. The summed E-state index contributed by atoms with van der Waals surface area (Å²) in [7, 11) is 0. The first-order chi connectivity index (χ1) is 16.0. The van der Waals surface area contributed by atoms with Crippen molar-refractivity contribution in [3.63, 3.8) is 0 Å². The Hall–Kier alpha value is -3.52. The maximum Gasteiger partial charge on any atom is 0.262 e. The van der Waals surface area contributed by atoms with Crippen molar-refractivity contribution in [2.24, 2.45) is 0 Å². The van der Waals surface area contributed by atoms with E-state index in [-0.39, 0.29) is 18.4 Å². The number of hydrogen-bond acceptors (Lipinski definition) is 5. The molecule has 3 aromatic rings. The summed E-state index contributed by atoms with van der Waals surface area (Å²) in [6.07, 6.45) is 0. The van der Waals surface area contributed by atoms with Crippen LogP contribution in [0.3, 0.4) is 0 Å². The Balaban J connectivity index is 1.78. The maximum absolute atomic E-state index is 12.6. The van der Waals surface area contributed by atoms with E-state index < -0.39 is 0 Å². The van der Waals surface area contributed by atoms with Gasteiger partial charge in [-0.1, -0.05) is 34.1 Å². The minimum absolute atomic E-state index is 0.177. The van der Waals surface area contributed by atoms with Crippen molar-refractivity contribution < 1.29 is 23.8 Å². The highest BCUT2D eigenvalue weighted by atomic mass is 79.9. The third-order valence-electron chi connectivity index (χ3n) is 4.42. The van der Waals surface area contributed by atoms with E-state index in [1.807, 2.05) is 32.0 Å². The highest BCUT2D eigenvalue weighted by Gasteiger charge is 2.17. The van der Waals surface area contributed by atoms with E-state index in [0.717, 1.165) is 4.47 Å². The Morgan fingerprint density at radius 3 is 1.94 bits per heavy atom. The molecule has 0 bridgehead atoms. The first-order valence-electron chi connectivity index (χ1n) is 10.5. The SMILES string of the molecule is CCOc1cc(NC(=O)c2ccccc2)c(OCC)cc1NC(=O)COc1ccc(Br)cc1. The van der Waals surface area contributed by atoms with Gasteiger partial charge in [0.15, 0.2) is 6.61 Å². The average molecular weight is 513 g/mol. The highest BCUT2D eigenvalue weighted by molar-refractivity contribution is 9.10. The van der Waals surface area contributed by atoms with Gasteiger partial charge in [0.25, 0.3) is 11.8 Å². The first kappa shape index (κ1) is 24.1. The molecule has 3 rings (SSSR count). The lowest BCUT2D eigenvalue weighted by Crippen LogP contribution is -2.21. The minimum atomic E-state index is -0.359. The van der Waals surface area contributed by atoms with Crippen LogP contribution < -0.4 is 24.8 Å². The fraction of sp³-hybridized carbons (Fsp3) is 0.200. The van der Waals surface area contributed by atoms with Crippen LogP contribution in [0.5, 0.6) is 17.2 Å². The molecule has 2 amide bonds. The number of rotatable bonds is 10. The van der Waals surface area contributed by atoms with Crippen LogP contribution in [0.2, 0.25) is 0 Å². The quantitative estimate of drug-likeness (QED) is 0.373. The Labute approximate surface area is 201 Å². The van der Waals surface area contributed by atoms with Gasteiger partial charge in [0.2, 0.25) is 0 Å². The first-order valence-corrected chi connectivity index (χ1v) is 11.3. The Kier molecular flexibility index (Phi) is 8.71. The third-order valence-corrected chi connectivity index (χ3v) is 4.95. The lowest BCUT2D eigenvalue weighted by molar-refractivity contribution is -0.118. The molecular formula is C25H25BrN2O5. The van der Waals surface area contributed by atoms with Crippen LogP contribution in [0.25, 0.3) is 0 Å². The molecule has 0 aliphatic heterocycles. The second kappa shape index (κ2) is 11.9. The number of amides is 2. The maximum atomic E-state index is 12.6. The molecule has 0 radical (unpaired) electrons. The van der Waals surface area contributed by atoms with Gasteiger partial charge in [0, 0.05) is 22.2 Å². The van der Waals surface area contributed by atoms with Crippen molar-refractivity contribution in [1.29, 1.82) is 0 Å². The monoisotopic (exact) mass is 512 g/mol. The van der Waals surface area contributed by atoms with Crippen molar-refractivity contribution in [2.45, 2.75) is 13.8 Å². The summed E-state index contributed by atoms with van der Waals surface area (Å²) in [5.74, 6) is 0.754. The summed E-state index contributed by atoms with van der Waals surface area (Å²) in [6, 6.07) is 19.3. The number of carbonyl (C=O) groups is 2. The number of benzene rings is 3. The van der Waals surface area contributed by atoms with E-state index in [4.69, 9.17) is 14.2 Å². The summed E-state index contributed by atoms with van der Waals surface area (Å²) in [6.45, 7) is 4.24. The topological polar surface area (TPSA) is 85.9 Å². The van der Waals surface area contributed by atoms with Gasteiger partial charge in [0.05, 0.1) is 24.6 Å². The summed E-state index contributed by atoms with van der Waals surface area (Å²) in [5.41, 5.74) is 1.38. The molecule has 8 heteroatoms. The summed E-state index contributed by atoms with van der Waals surface area (Å²) >= 11 is 3.36. The zero-order chi connectivity index (χ0) is 23.6. The van der Waals surface area contributed by atoms with Crippen LogP contribution in [0, 0.1) is 0 Å². The Morgan fingerprint density at radius 1 is 0.788 bits per heavy atom. The fourth-order valence-corrected chi connectivity index (χ4v) is 3.22. The van der Waals surface area contributed by atoms with Gasteiger partial charge < -0.3 is 24.8 Å². The van der Waals surface area contributed by atoms with E-state index in [2.05, 4.69) is 26.6 Å². The number of nitrogens with one attached hydrogen (secondary N) is 2. The van der Waals surface area contributed by atoms with E-state index in [1.165, 1.54) is 0 Å². The Morgan fingerprint density at radius 2 is 1.36 bits per heavy atom. The summed E-state index contributed by atoms with van der Waals surface area (Å²) < 4.78 is 17.9. The van der Waals surface area contributed by atoms with E-state index in [0.29, 0.717) is 47.4 Å². The summed E-state index contributed by atoms with van der Waals surface area (Å²) in [5, 5.41) is 5.65. The number of carbonyl (C=O) groups excluding carboxylic acids is 2. The van der Waals surface area contributed by atoms with Gasteiger partial charge >= 0.3 is 0 Å². The minimum Gasteiger partial charge on any atom is -0.492 e. The van der Waals surface area contributed by atoms with Crippen LogP contribution >= 0.6 is 15.9 Å². The second-order valence-corrected chi connectivity index (χ2v) is 7.74. The smallest absolute Gasteiger partial charge is 0.262 e. The molecule has 0 fully saturated rings. The van der Waals surface area contributed by atoms with Gasteiger partial charge in [-0.15, -0.1) is 0 Å². The third kappa shape index (κ3) is 6.98. The van der Waals surface area contributed by atoms with Crippen molar-refractivity contribution in [1.82, 2.24) is 0 Å². The molecule has 3 aromatic carbocycles. The number of halogens is 1. The lowest BCUT2D eigenvalue weighted by atomic mass is 10.2.